The molecule has 3 nitrogen and oxygen atoms in total. The second-order valence-corrected chi connectivity index (χ2v) is 6.35. The maximum atomic E-state index is 10.8. The maximum absolute atomic E-state index is 10.8. The van der Waals surface area contributed by atoms with E-state index in [1.165, 1.54) is 0 Å². The van der Waals surface area contributed by atoms with E-state index in [0.29, 0.717) is 6.04 Å². The molecule has 1 aromatic rings. The van der Waals surface area contributed by atoms with Gasteiger partial charge in [0.1, 0.15) is 5.75 Å². The molecule has 0 radical (unpaired) electrons. The molecule has 0 bridgehead atoms. The molecule has 3 heteroatoms. The van der Waals surface area contributed by atoms with Crippen molar-refractivity contribution in [1.82, 2.24) is 4.90 Å². The Hall–Kier alpha value is -1.06. The summed E-state index contributed by atoms with van der Waals surface area (Å²) in [5.74, 6) is 0.868. The van der Waals surface area contributed by atoms with Gasteiger partial charge in [-0.05, 0) is 58.2 Å². The van der Waals surface area contributed by atoms with Gasteiger partial charge in [0.25, 0.3) is 0 Å². The van der Waals surface area contributed by atoms with Crippen LogP contribution in [-0.2, 0) is 5.60 Å². The molecule has 0 spiro atoms. The summed E-state index contributed by atoms with van der Waals surface area (Å²) in [5, 5.41) is 10.8. The van der Waals surface area contributed by atoms with E-state index in [1.54, 1.807) is 0 Å². The molecule has 0 atom stereocenters. The molecule has 20 heavy (non-hydrogen) atoms. The SMILES string of the molecule is CC(C)Oc1ccc(C2(O)CCN(C(C)C)CC2)cc1. The van der Waals surface area contributed by atoms with Crippen molar-refractivity contribution in [1.29, 1.82) is 0 Å². The Labute approximate surface area is 122 Å². The van der Waals surface area contributed by atoms with Crippen molar-refractivity contribution in [3.63, 3.8) is 0 Å². The average molecular weight is 277 g/mol. The van der Waals surface area contributed by atoms with Gasteiger partial charge in [0, 0.05) is 19.1 Å². The van der Waals surface area contributed by atoms with Gasteiger partial charge in [-0.2, -0.15) is 0 Å². The number of aliphatic hydroxyl groups is 1. The van der Waals surface area contributed by atoms with Gasteiger partial charge in [-0.3, -0.25) is 0 Å². The zero-order valence-electron chi connectivity index (χ0n) is 13.1. The molecular formula is C17H27NO2. The lowest BCUT2D eigenvalue weighted by molar-refractivity contribution is -0.0324. The van der Waals surface area contributed by atoms with Crippen molar-refractivity contribution < 1.29 is 9.84 Å². The van der Waals surface area contributed by atoms with E-state index in [2.05, 4.69) is 18.7 Å². The van der Waals surface area contributed by atoms with Crippen molar-refractivity contribution in [3.8, 4) is 5.75 Å². The molecule has 112 valence electrons. The fourth-order valence-electron chi connectivity index (χ4n) is 2.81. The molecule has 0 amide bonds. The molecule has 2 rings (SSSR count). The predicted octanol–water partition coefficient (Wildman–Crippen LogP) is 3.17. The first-order valence-electron chi connectivity index (χ1n) is 7.64. The van der Waals surface area contributed by atoms with Gasteiger partial charge in [-0.25, -0.2) is 0 Å². The van der Waals surface area contributed by atoms with Crippen molar-refractivity contribution >= 4 is 0 Å². The number of ether oxygens (including phenoxy) is 1. The first-order chi connectivity index (χ1) is 9.40. The Morgan fingerprint density at radius 2 is 1.60 bits per heavy atom. The van der Waals surface area contributed by atoms with Crippen LogP contribution in [0.5, 0.6) is 5.75 Å². The Morgan fingerprint density at radius 1 is 1.05 bits per heavy atom. The predicted molar refractivity (Wildman–Crippen MR) is 82.0 cm³/mol. The van der Waals surface area contributed by atoms with E-state index in [0.717, 1.165) is 37.2 Å². The smallest absolute Gasteiger partial charge is 0.119 e. The highest BCUT2D eigenvalue weighted by Gasteiger charge is 2.34. The highest BCUT2D eigenvalue weighted by Crippen LogP contribution is 2.34. The number of piperidine rings is 1. The number of nitrogens with zero attached hydrogens (tertiary/aromatic N) is 1. The zero-order valence-corrected chi connectivity index (χ0v) is 13.1. The largest absolute Gasteiger partial charge is 0.491 e. The van der Waals surface area contributed by atoms with E-state index < -0.39 is 5.60 Å². The van der Waals surface area contributed by atoms with E-state index >= 15 is 0 Å². The lowest BCUT2D eigenvalue weighted by atomic mass is 9.84. The van der Waals surface area contributed by atoms with Crippen LogP contribution in [0.2, 0.25) is 0 Å². The third kappa shape index (κ3) is 3.53. The minimum absolute atomic E-state index is 0.179. The summed E-state index contributed by atoms with van der Waals surface area (Å²) in [5.41, 5.74) is 0.332. The Balaban J connectivity index is 2.04. The van der Waals surface area contributed by atoms with Gasteiger partial charge in [-0.1, -0.05) is 12.1 Å². The lowest BCUT2D eigenvalue weighted by Gasteiger charge is -2.40. The molecule has 0 unspecified atom stereocenters. The van der Waals surface area contributed by atoms with Crippen LogP contribution < -0.4 is 4.74 Å². The molecular weight excluding hydrogens is 250 g/mol. The monoisotopic (exact) mass is 277 g/mol. The topological polar surface area (TPSA) is 32.7 Å². The molecule has 0 aromatic heterocycles. The van der Waals surface area contributed by atoms with Crippen LogP contribution in [0.25, 0.3) is 0 Å². The Bertz CT molecular complexity index is 417. The molecule has 0 aliphatic carbocycles. The molecule has 1 fully saturated rings. The number of hydrogen-bond donors (Lipinski definition) is 1. The van der Waals surface area contributed by atoms with Crippen LogP contribution in [0.3, 0.4) is 0 Å². The van der Waals surface area contributed by atoms with E-state index in [9.17, 15) is 5.11 Å². The van der Waals surface area contributed by atoms with E-state index in [1.807, 2.05) is 38.1 Å². The van der Waals surface area contributed by atoms with Gasteiger partial charge in [0.2, 0.25) is 0 Å². The van der Waals surface area contributed by atoms with Gasteiger partial charge < -0.3 is 14.7 Å². The molecule has 1 N–H and O–H groups in total. The summed E-state index contributed by atoms with van der Waals surface area (Å²) in [6.07, 6.45) is 1.78. The number of likely N-dealkylation sites (tertiary alicyclic amines) is 1. The average Bonchev–Trinajstić information content (AvgIpc) is 2.39. The molecule has 1 aliphatic rings. The van der Waals surface area contributed by atoms with Gasteiger partial charge in [0.05, 0.1) is 11.7 Å². The summed E-state index contributed by atoms with van der Waals surface area (Å²) in [7, 11) is 0. The van der Waals surface area contributed by atoms with Crippen molar-refractivity contribution in [2.75, 3.05) is 13.1 Å². The van der Waals surface area contributed by atoms with Crippen molar-refractivity contribution in [2.24, 2.45) is 0 Å². The second-order valence-electron chi connectivity index (χ2n) is 6.35. The standard InChI is InChI=1S/C17H27NO2/c1-13(2)18-11-9-17(19,10-12-18)15-5-7-16(8-6-15)20-14(3)4/h5-8,13-14,19H,9-12H2,1-4H3. The summed E-state index contributed by atoms with van der Waals surface area (Å²) in [6, 6.07) is 8.48. The molecule has 1 saturated heterocycles. The van der Waals surface area contributed by atoms with E-state index in [4.69, 9.17) is 4.74 Å². The summed E-state index contributed by atoms with van der Waals surface area (Å²) < 4.78 is 5.65. The Kier molecular flexibility index (Phi) is 4.71. The van der Waals surface area contributed by atoms with E-state index in [-0.39, 0.29) is 6.10 Å². The number of rotatable bonds is 4. The van der Waals surface area contributed by atoms with Crippen LogP contribution in [0, 0.1) is 0 Å². The Morgan fingerprint density at radius 3 is 2.05 bits per heavy atom. The van der Waals surface area contributed by atoms with Crippen molar-refractivity contribution in [3.05, 3.63) is 29.8 Å². The molecule has 1 heterocycles. The quantitative estimate of drug-likeness (QED) is 0.917. The minimum Gasteiger partial charge on any atom is -0.491 e. The zero-order chi connectivity index (χ0) is 14.8. The van der Waals surface area contributed by atoms with Crippen LogP contribution in [0.15, 0.2) is 24.3 Å². The summed E-state index contributed by atoms with van der Waals surface area (Å²) in [4.78, 5) is 2.42. The first-order valence-corrected chi connectivity index (χ1v) is 7.64. The maximum Gasteiger partial charge on any atom is 0.119 e. The van der Waals surface area contributed by atoms with Crippen LogP contribution >= 0.6 is 0 Å². The van der Waals surface area contributed by atoms with Gasteiger partial charge in [-0.15, -0.1) is 0 Å². The van der Waals surface area contributed by atoms with Crippen LogP contribution in [0.4, 0.5) is 0 Å². The third-order valence-electron chi connectivity index (χ3n) is 4.12. The van der Waals surface area contributed by atoms with Crippen LogP contribution in [0.1, 0.15) is 46.1 Å². The number of benzene rings is 1. The van der Waals surface area contributed by atoms with Gasteiger partial charge >= 0.3 is 0 Å². The minimum atomic E-state index is -0.679. The number of hydrogen-bond acceptors (Lipinski definition) is 3. The fraction of sp³-hybridized carbons (Fsp3) is 0.647. The molecule has 1 aliphatic heterocycles. The summed E-state index contributed by atoms with van der Waals surface area (Å²) >= 11 is 0. The second kappa shape index (κ2) is 6.15. The van der Waals surface area contributed by atoms with Gasteiger partial charge in [0.15, 0.2) is 0 Å². The highest BCUT2D eigenvalue weighted by molar-refractivity contribution is 5.31. The van der Waals surface area contributed by atoms with Crippen molar-refractivity contribution in [2.45, 2.75) is 58.3 Å². The highest BCUT2D eigenvalue weighted by atomic mass is 16.5. The molecule has 0 saturated carbocycles. The van der Waals surface area contributed by atoms with Crippen LogP contribution in [-0.4, -0.2) is 35.2 Å². The fourth-order valence-corrected chi connectivity index (χ4v) is 2.81. The normalized spacial score (nSPS) is 19.6. The summed E-state index contributed by atoms with van der Waals surface area (Å²) in [6.45, 7) is 10.4. The molecule has 1 aromatic carbocycles. The third-order valence-corrected chi connectivity index (χ3v) is 4.12. The first kappa shape index (κ1) is 15.3. The lowest BCUT2D eigenvalue weighted by Crippen LogP contribution is -2.45.